The molecule has 6 heteroatoms. The SMILES string of the molecule is FC1=NC(F)=C(F)C(F)(CCl)C1. The number of hydrogen-bond donors (Lipinski definition) is 0. The van der Waals surface area contributed by atoms with Gasteiger partial charge in [0.1, 0.15) is 0 Å². The highest BCUT2D eigenvalue weighted by atomic mass is 35.5. The van der Waals surface area contributed by atoms with Crippen molar-refractivity contribution in [3.8, 4) is 0 Å². The van der Waals surface area contributed by atoms with E-state index in [2.05, 4.69) is 4.99 Å². The van der Waals surface area contributed by atoms with Gasteiger partial charge in [-0.15, -0.1) is 11.6 Å². The Labute approximate surface area is 70.7 Å². The number of aliphatic imine (C=N–C) groups is 1. The Morgan fingerprint density at radius 3 is 2.50 bits per heavy atom. The van der Waals surface area contributed by atoms with Gasteiger partial charge in [-0.25, -0.2) is 8.78 Å². The molecule has 0 fully saturated rings. The molecule has 1 aliphatic heterocycles. The molecule has 0 bridgehead atoms. The topological polar surface area (TPSA) is 12.4 Å². The van der Waals surface area contributed by atoms with Crippen LogP contribution in [0.15, 0.2) is 16.8 Å². The fourth-order valence-electron chi connectivity index (χ4n) is 0.795. The average Bonchev–Trinajstić information content (AvgIpc) is 2.00. The van der Waals surface area contributed by atoms with Crippen LogP contribution >= 0.6 is 11.6 Å². The molecule has 1 nitrogen and oxygen atoms in total. The van der Waals surface area contributed by atoms with Crippen molar-refractivity contribution >= 4 is 17.6 Å². The van der Waals surface area contributed by atoms with E-state index in [9.17, 15) is 17.6 Å². The summed E-state index contributed by atoms with van der Waals surface area (Å²) in [5.41, 5.74) is -2.78. The van der Waals surface area contributed by atoms with Crippen molar-refractivity contribution in [3.63, 3.8) is 0 Å². The fourth-order valence-corrected chi connectivity index (χ4v) is 1.01. The Morgan fingerprint density at radius 1 is 1.42 bits per heavy atom. The molecule has 12 heavy (non-hydrogen) atoms. The van der Waals surface area contributed by atoms with Gasteiger partial charge >= 0.3 is 0 Å². The monoisotopic (exact) mass is 201 g/mol. The van der Waals surface area contributed by atoms with E-state index >= 15 is 0 Å². The summed E-state index contributed by atoms with van der Waals surface area (Å²) in [7, 11) is 0. The number of allylic oxidation sites excluding steroid dienone is 1. The lowest BCUT2D eigenvalue weighted by molar-refractivity contribution is 0.193. The van der Waals surface area contributed by atoms with E-state index in [0.717, 1.165) is 0 Å². The summed E-state index contributed by atoms with van der Waals surface area (Å²) >= 11 is 5.01. The Kier molecular flexibility index (Phi) is 2.41. The Bertz CT molecular complexity index is 262. The Hall–Kier alpha value is -0.580. The second kappa shape index (κ2) is 3.05. The second-order valence-electron chi connectivity index (χ2n) is 2.37. The quantitative estimate of drug-likeness (QED) is 0.351. The third kappa shape index (κ3) is 1.46. The highest BCUT2D eigenvalue weighted by molar-refractivity contribution is 6.19. The van der Waals surface area contributed by atoms with Crippen LogP contribution < -0.4 is 0 Å². The van der Waals surface area contributed by atoms with Gasteiger partial charge in [-0.3, -0.25) is 0 Å². The third-order valence-corrected chi connectivity index (χ3v) is 1.86. The molecule has 1 heterocycles. The van der Waals surface area contributed by atoms with Crippen molar-refractivity contribution < 1.29 is 17.6 Å². The molecule has 0 saturated heterocycles. The minimum atomic E-state index is -2.78. The van der Waals surface area contributed by atoms with Gasteiger partial charge in [0.15, 0.2) is 17.5 Å². The van der Waals surface area contributed by atoms with Crippen molar-refractivity contribution in [2.75, 3.05) is 5.88 Å². The van der Waals surface area contributed by atoms with Crippen LogP contribution in [0.4, 0.5) is 17.6 Å². The van der Waals surface area contributed by atoms with E-state index < -0.39 is 35.7 Å². The molecule has 0 spiro atoms. The molecule has 68 valence electrons. The van der Waals surface area contributed by atoms with E-state index in [4.69, 9.17) is 11.6 Å². The van der Waals surface area contributed by atoms with E-state index in [1.165, 1.54) is 0 Å². The van der Waals surface area contributed by atoms with Crippen LogP contribution in [0.2, 0.25) is 0 Å². The summed E-state index contributed by atoms with van der Waals surface area (Å²) in [6.45, 7) is 0. The molecule has 1 atom stereocenters. The third-order valence-electron chi connectivity index (χ3n) is 1.43. The molecule has 0 aromatic rings. The maximum absolute atomic E-state index is 13.1. The largest absolute Gasteiger partial charge is 0.250 e. The number of rotatable bonds is 1. The smallest absolute Gasteiger partial charge is 0.234 e. The number of halogens is 5. The lowest BCUT2D eigenvalue weighted by atomic mass is 10.0. The lowest BCUT2D eigenvalue weighted by Gasteiger charge is -2.21. The maximum atomic E-state index is 13.1. The van der Waals surface area contributed by atoms with Gasteiger partial charge in [-0.05, 0) is 0 Å². The molecule has 1 rings (SSSR count). The van der Waals surface area contributed by atoms with Crippen LogP contribution in [0.25, 0.3) is 0 Å². The molecule has 0 radical (unpaired) electrons. The van der Waals surface area contributed by atoms with E-state index in [1.807, 2.05) is 0 Å². The van der Waals surface area contributed by atoms with Gasteiger partial charge in [-0.1, -0.05) is 0 Å². The molecule has 1 unspecified atom stereocenters. The predicted molar refractivity (Wildman–Crippen MR) is 37.0 cm³/mol. The normalized spacial score (nSPS) is 30.6. The first-order valence-corrected chi connectivity index (χ1v) is 3.57. The molecule has 0 aromatic heterocycles. The molecule has 0 amide bonds. The van der Waals surface area contributed by atoms with E-state index in [0.29, 0.717) is 0 Å². The first kappa shape index (κ1) is 9.51. The zero-order valence-corrected chi connectivity index (χ0v) is 6.51. The molecular weight excluding hydrogens is 198 g/mol. The van der Waals surface area contributed by atoms with Gasteiger partial charge in [0.05, 0.1) is 12.3 Å². The minimum absolute atomic E-state index is 0.838. The van der Waals surface area contributed by atoms with Crippen LogP contribution in [0.5, 0.6) is 0 Å². The van der Waals surface area contributed by atoms with Crippen molar-refractivity contribution in [3.05, 3.63) is 11.8 Å². The molecular formula is C6H4ClF4N. The average molecular weight is 202 g/mol. The maximum Gasteiger partial charge on any atom is 0.250 e. The molecule has 0 saturated carbocycles. The first-order chi connectivity index (χ1) is 5.49. The highest BCUT2D eigenvalue weighted by Gasteiger charge is 2.42. The molecule has 0 N–H and O–H groups in total. The van der Waals surface area contributed by atoms with Gasteiger partial charge in [0, 0.05) is 0 Å². The Morgan fingerprint density at radius 2 is 2.00 bits per heavy atom. The van der Waals surface area contributed by atoms with Crippen LogP contribution in [0, 0.1) is 0 Å². The number of hydrogen-bond acceptors (Lipinski definition) is 1. The van der Waals surface area contributed by atoms with Crippen LogP contribution in [0.3, 0.4) is 0 Å². The zero-order valence-electron chi connectivity index (χ0n) is 5.75. The molecule has 1 aliphatic rings. The van der Waals surface area contributed by atoms with Crippen molar-refractivity contribution in [2.45, 2.75) is 12.1 Å². The van der Waals surface area contributed by atoms with Gasteiger partial charge in [-0.2, -0.15) is 13.8 Å². The summed E-state index contributed by atoms with van der Waals surface area (Å²) in [5, 5.41) is 0. The number of nitrogens with zero attached hydrogens (tertiary/aromatic N) is 1. The summed E-state index contributed by atoms with van der Waals surface area (Å²) < 4.78 is 50.2. The van der Waals surface area contributed by atoms with Crippen molar-refractivity contribution in [1.29, 1.82) is 0 Å². The summed E-state index contributed by atoms with van der Waals surface area (Å²) in [6, 6.07) is 0. The van der Waals surface area contributed by atoms with Crippen molar-refractivity contribution in [1.82, 2.24) is 0 Å². The second-order valence-corrected chi connectivity index (χ2v) is 2.64. The van der Waals surface area contributed by atoms with Crippen LogP contribution in [-0.4, -0.2) is 17.5 Å². The Balaban J connectivity index is 3.06. The minimum Gasteiger partial charge on any atom is -0.234 e. The summed E-state index contributed by atoms with van der Waals surface area (Å²) in [5.74, 6) is -5.65. The number of alkyl halides is 2. The van der Waals surface area contributed by atoms with Crippen LogP contribution in [0.1, 0.15) is 6.42 Å². The van der Waals surface area contributed by atoms with Gasteiger partial charge in [0.25, 0.3) is 0 Å². The van der Waals surface area contributed by atoms with Gasteiger partial charge in [0.2, 0.25) is 5.95 Å². The molecule has 0 aromatic carbocycles. The van der Waals surface area contributed by atoms with E-state index in [1.54, 1.807) is 0 Å². The first-order valence-electron chi connectivity index (χ1n) is 3.03. The predicted octanol–water partition coefficient (Wildman–Crippen LogP) is 2.81. The fraction of sp³-hybridized carbons (Fsp3) is 0.500. The van der Waals surface area contributed by atoms with E-state index in [-0.39, 0.29) is 0 Å². The van der Waals surface area contributed by atoms with Crippen molar-refractivity contribution in [2.24, 2.45) is 4.99 Å². The zero-order chi connectivity index (χ0) is 9.35. The summed E-state index contributed by atoms with van der Waals surface area (Å²) in [6.07, 6.45) is -0.949. The van der Waals surface area contributed by atoms with Gasteiger partial charge < -0.3 is 0 Å². The highest BCUT2D eigenvalue weighted by Crippen LogP contribution is 2.36. The standard InChI is InChI=1S/C6H4ClF4N/c7-2-6(11)1-3(8)12-5(10)4(6)9/h1-2H2. The lowest BCUT2D eigenvalue weighted by Crippen LogP contribution is -2.31. The summed E-state index contributed by atoms with van der Waals surface area (Å²) in [4.78, 5) is 2.50. The molecule has 0 aliphatic carbocycles. The van der Waals surface area contributed by atoms with Crippen LogP contribution in [-0.2, 0) is 0 Å².